The summed E-state index contributed by atoms with van der Waals surface area (Å²) in [4.78, 5) is 0. The van der Waals surface area contributed by atoms with Gasteiger partial charge in [0.2, 0.25) is 0 Å². The van der Waals surface area contributed by atoms with Crippen molar-refractivity contribution in [2.45, 2.75) is 124 Å². The van der Waals surface area contributed by atoms with Crippen LogP contribution in [-0.2, 0) is 14.2 Å². The summed E-state index contributed by atoms with van der Waals surface area (Å²) in [6, 6.07) is 0. The third kappa shape index (κ3) is 13.4. The maximum atomic E-state index is 6.33. The molecule has 3 nitrogen and oxygen atoms in total. The number of alkyl halides is 1. The molecular weight excluding hydrogens is 372 g/mol. The van der Waals surface area contributed by atoms with E-state index in [1.54, 1.807) is 0 Å². The summed E-state index contributed by atoms with van der Waals surface area (Å²) < 4.78 is 19.0. The van der Waals surface area contributed by atoms with Gasteiger partial charge in [-0.05, 0) is 38.5 Å². The molecule has 0 amide bonds. The van der Waals surface area contributed by atoms with Crippen LogP contribution in [0.3, 0.4) is 0 Å². The number of rotatable bonds is 22. The quantitative estimate of drug-likeness (QED) is 0.100. The SMILES string of the molecule is CCCCCCCCC(CCCCCCl)C(OCCC)(OCCC)OCCC. The summed E-state index contributed by atoms with van der Waals surface area (Å²) in [5, 5.41) is 0. The maximum absolute atomic E-state index is 6.33. The van der Waals surface area contributed by atoms with Crippen LogP contribution in [0, 0.1) is 5.92 Å². The fourth-order valence-corrected chi connectivity index (χ4v) is 3.73. The molecule has 0 saturated heterocycles. The molecule has 0 fully saturated rings. The van der Waals surface area contributed by atoms with Crippen molar-refractivity contribution in [1.29, 1.82) is 0 Å². The van der Waals surface area contributed by atoms with E-state index in [1.807, 2.05) is 0 Å². The van der Waals surface area contributed by atoms with Crippen molar-refractivity contribution in [3.63, 3.8) is 0 Å². The molecule has 0 aliphatic rings. The van der Waals surface area contributed by atoms with Gasteiger partial charge in [0.1, 0.15) is 0 Å². The standard InChI is InChI=1S/C24H49ClO3/c1-5-9-10-11-12-14-17-23(18-15-13-16-19-25)24(26-20-6-2,27-21-7-3)28-22-8-4/h23H,5-22H2,1-4H3. The largest absolute Gasteiger partial charge is 0.327 e. The summed E-state index contributed by atoms with van der Waals surface area (Å²) >= 11 is 5.88. The predicted octanol–water partition coefficient (Wildman–Crippen LogP) is 8.09. The van der Waals surface area contributed by atoms with Gasteiger partial charge >= 0.3 is 0 Å². The highest BCUT2D eigenvalue weighted by Gasteiger charge is 2.41. The van der Waals surface area contributed by atoms with Gasteiger partial charge in [-0.1, -0.05) is 79.1 Å². The van der Waals surface area contributed by atoms with Crippen molar-refractivity contribution < 1.29 is 14.2 Å². The summed E-state index contributed by atoms with van der Waals surface area (Å²) in [5.41, 5.74) is 0. The lowest BCUT2D eigenvalue weighted by molar-refractivity contribution is -0.406. The number of hydrogen-bond donors (Lipinski definition) is 0. The maximum Gasteiger partial charge on any atom is 0.285 e. The summed E-state index contributed by atoms with van der Waals surface area (Å²) in [5.74, 6) is 0.170. The second kappa shape index (κ2) is 20.4. The Morgan fingerprint density at radius 1 is 0.571 bits per heavy atom. The van der Waals surface area contributed by atoms with Crippen molar-refractivity contribution in [3.05, 3.63) is 0 Å². The molecule has 0 bridgehead atoms. The van der Waals surface area contributed by atoms with Crippen LogP contribution in [0.2, 0.25) is 0 Å². The zero-order valence-corrected chi connectivity index (χ0v) is 20.2. The molecule has 0 aromatic carbocycles. The minimum Gasteiger partial charge on any atom is -0.327 e. The van der Waals surface area contributed by atoms with Gasteiger partial charge in [0.05, 0.1) is 19.8 Å². The highest BCUT2D eigenvalue weighted by Crippen LogP contribution is 2.35. The molecule has 0 aromatic heterocycles. The van der Waals surface area contributed by atoms with Crippen molar-refractivity contribution >= 4 is 11.6 Å². The molecule has 4 heteroatoms. The van der Waals surface area contributed by atoms with Crippen LogP contribution in [0.4, 0.5) is 0 Å². The Morgan fingerprint density at radius 2 is 1.00 bits per heavy atom. The third-order valence-corrected chi connectivity index (χ3v) is 5.38. The Balaban J connectivity index is 5.07. The van der Waals surface area contributed by atoms with Gasteiger partial charge in [-0.3, -0.25) is 0 Å². The number of hydrogen-bond acceptors (Lipinski definition) is 3. The Morgan fingerprint density at radius 3 is 1.43 bits per heavy atom. The summed E-state index contributed by atoms with van der Waals surface area (Å²) in [6.07, 6.45) is 16.4. The van der Waals surface area contributed by atoms with Crippen molar-refractivity contribution in [2.24, 2.45) is 5.92 Å². The average molecular weight is 421 g/mol. The van der Waals surface area contributed by atoms with Gasteiger partial charge in [-0.2, -0.15) is 0 Å². The third-order valence-electron chi connectivity index (χ3n) is 5.11. The van der Waals surface area contributed by atoms with Crippen molar-refractivity contribution in [2.75, 3.05) is 25.7 Å². The molecule has 0 spiro atoms. The molecule has 1 atom stereocenters. The van der Waals surface area contributed by atoms with Gasteiger partial charge in [0.15, 0.2) is 0 Å². The molecule has 0 aliphatic carbocycles. The monoisotopic (exact) mass is 420 g/mol. The van der Waals surface area contributed by atoms with Crippen LogP contribution in [0.5, 0.6) is 0 Å². The summed E-state index contributed by atoms with van der Waals surface area (Å²) in [7, 11) is 0. The molecule has 0 radical (unpaired) electrons. The molecule has 0 saturated carbocycles. The lowest BCUT2D eigenvalue weighted by Gasteiger charge is -2.40. The first kappa shape index (κ1) is 28.2. The van der Waals surface area contributed by atoms with E-state index < -0.39 is 5.97 Å². The molecule has 0 N–H and O–H groups in total. The average Bonchev–Trinajstić information content (AvgIpc) is 2.72. The van der Waals surface area contributed by atoms with Crippen molar-refractivity contribution in [1.82, 2.24) is 0 Å². The summed E-state index contributed by atoms with van der Waals surface area (Å²) in [6.45, 7) is 10.8. The fourth-order valence-electron chi connectivity index (χ4n) is 3.54. The Hall–Kier alpha value is 0.170. The zero-order chi connectivity index (χ0) is 20.9. The van der Waals surface area contributed by atoms with Gasteiger partial charge in [0.25, 0.3) is 5.97 Å². The van der Waals surface area contributed by atoms with Crippen LogP contribution in [0.15, 0.2) is 0 Å². The molecule has 170 valence electrons. The van der Waals surface area contributed by atoms with Crippen molar-refractivity contribution in [3.8, 4) is 0 Å². The van der Waals surface area contributed by atoms with Gasteiger partial charge in [-0.15, -0.1) is 11.6 Å². The van der Waals surface area contributed by atoms with Crippen LogP contribution in [0.25, 0.3) is 0 Å². The van der Waals surface area contributed by atoms with E-state index >= 15 is 0 Å². The fraction of sp³-hybridized carbons (Fsp3) is 1.00. The molecule has 0 rings (SSSR count). The molecule has 0 aromatic rings. The van der Waals surface area contributed by atoms with Crippen LogP contribution < -0.4 is 0 Å². The van der Waals surface area contributed by atoms with Gasteiger partial charge in [0, 0.05) is 11.8 Å². The first-order valence-corrected chi connectivity index (χ1v) is 12.7. The van der Waals surface area contributed by atoms with Gasteiger partial charge in [-0.25, -0.2) is 0 Å². The van der Waals surface area contributed by atoms with Gasteiger partial charge < -0.3 is 14.2 Å². The predicted molar refractivity (Wildman–Crippen MR) is 122 cm³/mol. The van der Waals surface area contributed by atoms with E-state index in [9.17, 15) is 0 Å². The Bertz CT molecular complexity index is 290. The molecule has 0 aliphatic heterocycles. The van der Waals surface area contributed by atoms with Crippen LogP contribution in [0.1, 0.15) is 118 Å². The second-order valence-electron chi connectivity index (χ2n) is 7.94. The molecular formula is C24H49ClO3. The minimum atomic E-state index is -0.869. The Labute approximate surface area is 181 Å². The smallest absolute Gasteiger partial charge is 0.285 e. The van der Waals surface area contributed by atoms with E-state index in [0.29, 0.717) is 25.7 Å². The van der Waals surface area contributed by atoms with E-state index in [-0.39, 0.29) is 0 Å². The van der Waals surface area contributed by atoms with E-state index in [2.05, 4.69) is 27.7 Å². The first-order chi connectivity index (χ1) is 13.7. The Kier molecular flexibility index (Phi) is 20.6. The lowest BCUT2D eigenvalue weighted by atomic mass is 9.92. The first-order valence-electron chi connectivity index (χ1n) is 12.2. The van der Waals surface area contributed by atoms with E-state index in [4.69, 9.17) is 25.8 Å². The van der Waals surface area contributed by atoms with E-state index in [1.165, 1.54) is 44.9 Å². The molecule has 1 unspecified atom stereocenters. The number of halogens is 1. The number of ether oxygens (including phenoxy) is 3. The van der Waals surface area contributed by atoms with E-state index in [0.717, 1.165) is 50.8 Å². The number of unbranched alkanes of at least 4 members (excludes halogenated alkanes) is 7. The molecule has 28 heavy (non-hydrogen) atoms. The second-order valence-corrected chi connectivity index (χ2v) is 8.32. The normalized spacial score (nSPS) is 13.2. The zero-order valence-electron chi connectivity index (χ0n) is 19.4. The highest BCUT2D eigenvalue weighted by atomic mass is 35.5. The highest BCUT2D eigenvalue weighted by molar-refractivity contribution is 6.17. The van der Waals surface area contributed by atoms with Crippen LogP contribution in [-0.4, -0.2) is 31.7 Å². The van der Waals surface area contributed by atoms with Crippen LogP contribution >= 0.6 is 11.6 Å². The molecule has 0 heterocycles. The topological polar surface area (TPSA) is 27.7 Å². The minimum absolute atomic E-state index is 0.290. The lowest BCUT2D eigenvalue weighted by Crippen LogP contribution is -2.47.